The van der Waals surface area contributed by atoms with Gasteiger partial charge in [0.1, 0.15) is 0 Å². The molecule has 9 heteroatoms. The van der Waals surface area contributed by atoms with Crippen LogP contribution in [0.25, 0.3) is 0 Å². The lowest BCUT2D eigenvalue weighted by molar-refractivity contribution is -0.138. The second-order valence-electron chi connectivity index (χ2n) is 12.5. The maximum atomic E-state index is 15.7. The average molecular weight is 604 g/mol. The highest BCUT2D eigenvalue weighted by molar-refractivity contribution is 6.72. The van der Waals surface area contributed by atoms with Crippen LogP contribution in [0.2, 0.25) is 18.6 Å². The molecule has 0 aromatic heterocycles. The summed E-state index contributed by atoms with van der Waals surface area (Å²) >= 11 is 0. The molecule has 1 saturated heterocycles. The number of nitrogen functional groups attached to an aromatic ring is 1. The van der Waals surface area contributed by atoms with Crippen molar-refractivity contribution >= 4 is 31.6 Å². The summed E-state index contributed by atoms with van der Waals surface area (Å²) in [5, 5.41) is 13.0. The SMILES string of the molecule is C[C@@H]1[C@@H]([Si](C)(C)F)[C@H](CC(=O)N2Cc3ccccc3C[C@H]2CO)O[C@@H]1CCc1cccc(NC(=O)c2ccc(N)cc2)c1. The van der Waals surface area contributed by atoms with Crippen LogP contribution in [0.15, 0.2) is 72.8 Å². The number of benzene rings is 3. The molecule has 5 rings (SSSR count). The van der Waals surface area contributed by atoms with Crippen molar-refractivity contribution in [3.8, 4) is 0 Å². The molecule has 3 aromatic rings. The lowest BCUT2D eigenvalue weighted by Crippen LogP contribution is -2.48. The molecular formula is C34H42FN3O4Si. The highest BCUT2D eigenvalue weighted by Crippen LogP contribution is 2.47. The number of ether oxygens (including phenoxy) is 1. The van der Waals surface area contributed by atoms with E-state index in [-0.39, 0.29) is 48.4 Å². The Kier molecular flexibility index (Phi) is 9.34. The number of hydrogen-bond acceptors (Lipinski definition) is 5. The van der Waals surface area contributed by atoms with Crippen LogP contribution >= 0.6 is 0 Å². The van der Waals surface area contributed by atoms with E-state index < -0.39 is 14.5 Å². The van der Waals surface area contributed by atoms with E-state index in [0.717, 1.165) is 16.7 Å². The molecule has 7 nitrogen and oxygen atoms in total. The Morgan fingerprint density at radius 1 is 1.05 bits per heavy atom. The van der Waals surface area contributed by atoms with Gasteiger partial charge in [-0.3, -0.25) is 9.59 Å². The Hall–Kier alpha value is -3.53. The summed E-state index contributed by atoms with van der Waals surface area (Å²) in [6, 6.07) is 22.2. The lowest BCUT2D eigenvalue weighted by Gasteiger charge is -2.37. The fourth-order valence-corrected chi connectivity index (χ4v) is 9.40. The van der Waals surface area contributed by atoms with Crippen molar-refractivity contribution in [2.24, 2.45) is 5.92 Å². The normalized spacial score (nSPS) is 23.6. The predicted octanol–water partition coefficient (Wildman–Crippen LogP) is 5.74. The van der Waals surface area contributed by atoms with Crippen LogP contribution in [0.1, 0.15) is 46.8 Å². The maximum Gasteiger partial charge on any atom is 0.255 e. The first kappa shape index (κ1) is 30.9. The number of hydrogen-bond donors (Lipinski definition) is 3. The minimum Gasteiger partial charge on any atom is -0.399 e. The van der Waals surface area contributed by atoms with Gasteiger partial charge in [0.15, 0.2) is 0 Å². The highest BCUT2D eigenvalue weighted by atomic mass is 28.4. The predicted molar refractivity (Wildman–Crippen MR) is 170 cm³/mol. The Balaban J connectivity index is 1.23. The zero-order chi connectivity index (χ0) is 30.7. The highest BCUT2D eigenvalue weighted by Gasteiger charge is 2.52. The molecule has 3 aromatic carbocycles. The van der Waals surface area contributed by atoms with Crippen LogP contribution in [0.5, 0.6) is 0 Å². The molecule has 0 aliphatic carbocycles. The number of nitrogens with zero attached hydrogens (tertiary/aromatic N) is 1. The van der Waals surface area contributed by atoms with E-state index in [9.17, 15) is 14.7 Å². The van der Waals surface area contributed by atoms with E-state index in [4.69, 9.17) is 10.5 Å². The summed E-state index contributed by atoms with van der Waals surface area (Å²) in [5.74, 6) is -0.344. The van der Waals surface area contributed by atoms with Crippen LogP contribution in [-0.4, -0.2) is 55.1 Å². The van der Waals surface area contributed by atoms with Gasteiger partial charge in [-0.05, 0) is 91.4 Å². The third-order valence-electron chi connectivity index (χ3n) is 9.03. The number of fused-ring (bicyclic) bond motifs is 1. The topological polar surface area (TPSA) is 105 Å². The van der Waals surface area contributed by atoms with E-state index in [1.165, 1.54) is 0 Å². The van der Waals surface area contributed by atoms with Gasteiger partial charge in [-0.25, -0.2) is 0 Å². The molecule has 0 saturated carbocycles. The van der Waals surface area contributed by atoms with Crippen molar-refractivity contribution in [3.63, 3.8) is 0 Å². The Morgan fingerprint density at radius 3 is 2.47 bits per heavy atom. The van der Waals surface area contributed by atoms with Crippen LogP contribution < -0.4 is 11.1 Å². The van der Waals surface area contributed by atoms with Gasteiger partial charge in [-0.15, -0.1) is 0 Å². The number of anilines is 2. The van der Waals surface area contributed by atoms with Gasteiger partial charge >= 0.3 is 0 Å². The number of aryl methyl sites for hydroxylation is 1. The second-order valence-corrected chi connectivity index (χ2v) is 16.3. The molecule has 228 valence electrons. The molecule has 5 atom stereocenters. The van der Waals surface area contributed by atoms with Crippen molar-refractivity contribution in [2.75, 3.05) is 17.7 Å². The first-order valence-electron chi connectivity index (χ1n) is 15.1. The van der Waals surface area contributed by atoms with Crippen molar-refractivity contribution in [3.05, 3.63) is 95.1 Å². The Bertz CT molecular complexity index is 1440. The first-order chi connectivity index (χ1) is 20.5. The Morgan fingerprint density at radius 2 is 1.77 bits per heavy atom. The zero-order valence-corrected chi connectivity index (χ0v) is 26.1. The average Bonchev–Trinajstić information content (AvgIpc) is 3.30. The summed E-state index contributed by atoms with van der Waals surface area (Å²) in [6.07, 6.45) is 1.40. The van der Waals surface area contributed by atoms with Gasteiger partial charge in [0, 0.05) is 29.0 Å². The molecule has 2 aliphatic heterocycles. The summed E-state index contributed by atoms with van der Waals surface area (Å²) in [4.78, 5) is 28.0. The second kappa shape index (κ2) is 13.0. The van der Waals surface area contributed by atoms with E-state index in [1.807, 2.05) is 55.5 Å². The number of carbonyl (C=O) groups is 2. The smallest absolute Gasteiger partial charge is 0.255 e. The van der Waals surface area contributed by atoms with Gasteiger partial charge < -0.3 is 29.9 Å². The lowest BCUT2D eigenvalue weighted by atomic mass is 9.93. The van der Waals surface area contributed by atoms with E-state index in [1.54, 1.807) is 42.3 Å². The van der Waals surface area contributed by atoms with Gasteiger partial charge in [-0.1, -0.05) is 43.3 Å². The molecule has 1 fully saturated rings. The van der Waals surface area contributed by atoms with Crippen molar-refractivity contribution in [2.45, 2.75) is 76.0 Å². The monoisotopic (exact) mass is 603 g/mol. The van der Waals surface area contributed by atoms with Crippen molar-refractivity contribution in [1.29, 1.82) is 0 Å². The molecule has 2 heterocycles. The summed E-state index contributed by atoms with van der Waals surface area (Å²) in [6.45, 7) is 5.79. The summed E-state index contributed by atoms with van der Waals surface area (Å²) in [7, 11) is -3.16. The maximum absolute atomic E-state index is 15.7. The third kappa shape index (κ3) is 7.17. The molecule has 43 heavy (non-hydrogen) atoms. The number of rotatable bonds is 9. The minimum atomic E-state index is -3.16. The number of halogens is 1. The first-order valence-corrected chi connectivity index (χ1v) is 18.1. The van der Waals surface area contributed by atoms with E-state index in [0.29, 0.717) is 42.7 Å². The number of amides is 2. The van der Waals surface area contributed by atoms with Gasteiger partial charge in [-0.2, -0.15) is 0 Å². The van der Waals surface area contributed by atoms with Gasteiger partial charge in [0.2, 0.25) is 14.3 Å². The molecule has 2 aliphatic rings. The number of aliphatic hydroxyl groups is 1. The number of nitrogens with one attached hydrogen (secondary N) is 1. The van der Waals surface area contributed by atoms with Gasteiger partial charge in [0.25, 0.3) is 5.91 Å². The van der Waals surface area contributed by atoms with Crippen molar-refractivity contribution in [1.82, 2.24) is 4.90 Å². The quantitative estimate of drug-likeness (QED) is 0.164. The molecular weight excluding hydrogens is 561 g/mol. The van der Waals surface area contributed by atoms with Gasteiger partial charge in [0.05, 0.1) is 31.3 Å². The molecule has 0 radical (unpaired) electrons. The van der Waals surface area contributed by atoms with Crippen molar-refractivity contribution < 1.29 is 23.5 Å². The molecule has 0 bridgehead atoms. The Labute approximate surface area is 254 Å². The number of carbonyl (C=O) groups excluding carboxylic acids is 2. The molecule has 0 spiro atoms. The van der Waals surface area contributed by atoms with Crippen LogP contribution in [0.4, 0.5) is 15.5 Å². The summed E-state index contributed by atoms with van der Waals surface area (Å²) < 4.78 is 22.2. The van der Waals surface area contributed by atoms with E-state index >= 15 is 4.11 Å². The third-order valence-corrected chi connectivity index (χ3v) is 11.5. The molecule has 2 amide bonds. The molecule has 0 unspecified atom stereocenters. The number of aliphatic hydroxyl groups excluding tert-OH is 1. The largest absolute Gasteiger partial charge is 0.399 e. The van der Waals surface area contributed by atoms with Crippen LogP contribution in [-0.2, 0) is 28.9 Å². The fourth-order valence-electron chi connectivity index (χ4n) is 6.86. The minimum absolute atomic E-state index is 0.0337. The van der Waals surface area contributed by atoms with Crippen LogP contribution in [0, 0.1) is 5.92 Å². The standard InChI is InChI=1S/C34H42FN3O4Si/c1-22-30(16-11-23-7-6-10-28(17-23)37-34(41)24-12-14-27(36)15-13-24)42-31(33(22)43(2,3)35)19-32(40)38-20-26-9-5-4-8-25(26)18-29(38)21-39/h4-10,12-15,17,22,29-31,33,39H,11,16,18-21,36H2,1-3H3,(H,37,41)/t22-,29-,30+,31-,33+/m0/s1. The fraction of sp³-hybridized carbons (Fsp3) is 0.412. The zero-order valence-electron chi connectivity index (χ0n) is 25.1. The summed E-state index contributed by atoms with van der Waals surface area (Å²) in [5.41, 5.74) is 10.5. The van der Waals surface area contributed by atoms with E-state index in [2.05, 4.69) is 5.32 Å². The van der Waals surface area contributed by atoms with Crippen LogP contribution in [0.3, 0.4) is 0 Å². The number of nitrogens with two attached hydrogens (primary N) is 1. The molecule has 4 N–H and O–H groups in total.